The molecule has 0 amide bonds. The Balaban J connectivity index is 1.60. The van der Waals surface area contributed by atoms with E-state index >= 15 is 0 Å². The van der Waals surface area contributed by atoms with Gasteiger partial charge < -0.3 is 9.47 Å². The molecular weight excluding hydrogens is 481 g/mol. The molecule has 3 rings (SSSR count). The molecular formula is C26H29F3O3S2. The van der Waals surface area contributed by atoms with Crippen molar-refractivity contribution in [2.45, 2.75) is 57.5 Å². The number of alkyl halides is 3. The van der Waals surface area contributed by atoms with Crippen LogP contribution in [0.5, 0.6) is 5.75 Å². The van der Waals surface area contributed by atoms with Gasteiger partial charge in [-0.1, -0.05) is 19.9 Å². The molecule has 2 aromatic carbocycles. The van der Waals surface area contributed by atoms with Crippen molar-refractivity contribution in [2.24, 2.45) is 0 Å². The van der Waals surface area contributed by atoms with Gasteiger partial charge in [-0.2, -0.15) is 13.2 Å². The van der Waals surface area contributed by atoms with Crippen molar-refractivity contribution in [1.82, 2.24) is 0 Å². The second-order valence-electron chi connectivity index (χ2n) is 7.73. The maximum Gasteiger partial charge on any atom is 0.416 e. The summed E-state index contributed by atoms with van der Waals surface area (Å²) in [5.41, 5.74) is 1.61. The lowest BCUT2D eigenvalue weighted by Gasteiger charge is -2.12. The van der Waals surface area contributed by atoms with Gasteiger partial charge in [0.05, 0.1) is 12.2 Å². The summed E-state index contributed by atoms with van der Waals surface area (Å²) in [4.78, 5) is 13.8. The number of aryl methyl sites for hydroxylation is 3. The highest BCUT2D eigenvalue weighted by Crippen LogP contribution is 2.38. The largest absolute Gasteiger partial charge is 0.482 e. The van der Waals surface area contributed by atoms with Crippen LogP contribution in [-0.2, 0) is 35.0 Å². The summed E-state index contributed by atoms with van der Waals surface area (Å²) in [6.45, 7) is 6.07. The third-order valence-corrected chi connectivity index (χ3v) is 7.77. The quantitative estimate of drug-likeness (QED) is 0.150. The average molecular weight is 511 g/mol. The van der Waals surface area contributed by atoms with E-state index in [9.17, 15) is 18.0 Å². The van der Waals surface area contributed by atoms with Crippen molar-refractivity contribution in [2.75, 3.05) is 19.0 Å². The molecule has 0 N–H and O–H groups in total. The molecule has 184 valence electrons. The standard InChI is InChI=1S/C26H29F3O3S2/c1-4-17-14-19(10-12-22(17)32-16-25(30)31-6-3)33-13-7-8-23-20(5-2)21-11-9-18(26(27,28)29)15-24(21)34-23/h9-12,14-15H,4-8,13,16H2,1-3H3. The van der Waals surface area contributed by atoms with Gasteiger partial charge in [-0.05, 0) is 85.2 Å². The van der Waals surface area contributed by atoms with Crippen LogP contribution in [0.4, 0.5) is 13.2 Å². The SMILES string of the molecule is CCOC(=O)COc1ccc(SCCCc2sc3cc(C(F)(F)F)ccc3c2CC)cc1CC. The highest BCUT2D eigenvalue weighted by atomic mass is 32.2. The van der Waals surface area contributed by atoms with E-state index in [0.717, 1.165) is 52.8 Å². The van der Waals surface area contributed by atoms with Gasteiger partial charge in [-0.25, -0.2) is 4.79 Å². The van der Waals surface area contributed by atoms with Crippen LogP contribution < -0.4 is 4.74 Å². The molecule has 0 unspecified atom stereocenters. The Labute approximate surface area is 206 Å². The fraction of sp³-hybridized carbons (Fsp3) is 0.423. The van der Waals surface area contributed by atoms with Crippen LogP contribution in [0.1, 0.15) is 48.8 Å². The molecule has 0 saturated heterocycles. The van der Waals surface area contributed by atoms with E-state index in [1.807, 2.05) is 19.1 Å². The molecule has 0 aliphatic heterocycles. The van der Waals surface area contributed by atoms with E-state index in [0.29, 0.717) is 17.1 Å². The third-order valence-electron chi connectivity index (χ3n) is 5.44. The molecule has 1 heterocycles. The summed E-state index contributed by atoms with van der Waals surface area (Å²) >= 11 is 3.23. The summed E-state index contributed by atoms with van der Waals surface area (Å²) < 4.78 is 50.5. The second kappa shape index (κ2) is 12.0. The number of carbonyl (C=O) groups excluding carboxylic acids is 1. The molecule has 0 atom stereocenters. The average Bonchev–Trinajstić information content (AvgIpc) is 3.17. The van der Waals surface area contributed by atoms with Crippen molar-refractivity contribution >= 4 is 39.2 Å². The van der Waals surface area contributed by atoms with Crippen molar-refractivity contribution in [3.8, 4) is 5.75 Å². The fourth-order valence-electron chi connectivity index (χ4n) is 3.79. The topological polar surface area (TPSA) is 35.5 Å². The monoisotopic (exact) mass is 510 g/mol. The van der Waals surface area contributed by atoms with Crippen LogP contribution in [0.3, 0.4) is 0 Å². The number of esters is 1. The molecule has 0 aliphatic rings. The Bertz CT molecular complexity index is 1120. The van der Waals surface area contributed by atoms with E-state index < -0.39 is 11.7 Å². The van der Waals surface area contributed by atoms with Crippen molar-refractivity contribution < 1.29 is 27.4 Å². The van der Waals surface area contributed by atoms with Crippen LogP contribution >= 0.6 is 23.1 Å². The number of hydrogen-bond donors (Lipinski definition) is 0. The highest BCUT2D eigenvalue weighted by Gasteiger charge is 2.31. The van der Waals surface area contributed by atoms with Crippen molar-refractivity contribution in [3.63, 3.8) is 0 Å². The number of rotatable bonds is 11. The zero-order valence-corrected chi connectivity index (χ0v) is 21.2. The molecule has 0 spiro atoms. The number of carbonyl (C=O) groups is 1. The predicted octanol–water partition coefficient (Wildman–Crippen LogP) is 7.71. The minimum atomic E-state index is -4.32. The highest BCUT2D eigenvalue weighted by molar-refractivity contribution is 7.99. The van der Waals surface area contributed by atoms with Crippen molar-refractivity contribution in [1.29, 1.82) is 0 Å². The lowest BCUT2D eigenvalue weighted by Crippen LogP contribution is -2.15. The lowest BCUT2D eigenvalue weighted by atomic mass is 10.0. The van der Waals surface area contributed by atoms with E-state index in [1.165, 1.54) is 28.3 Å². The second-order valence-corrected chi connectivity index (χ2v) is 10.0. The Morgan fingerprint density at radius 2 is 1.85 bits per heavy atom. The normalized spacial score (nSPS) is 11.7. The Kier molecular flexibility index (Phi) is 9.31. The van der Waals surface area contributed by atoms with Gasteiger partial charge in [-0.3, -0.25) is 0 Å². The summed E-state index contributed by atoms with van der Waals surface area (Å²) in [7, 11) is 0. The smallest absolute Gasteiger partial charge is 0.416 e. The van der Waals surface area contributed by atoms with Gasteiger partial charge in [0.1, 0.15) is 5.75 Å². The number of hydrogen-bond acceptors (Lipinski definition) is 5. The molecule has 0 aliphatic carbocycles. The zero-order valence-electron chi connectivity index (χ0n) is 19.6. The minimum Gasteiger partial charge on any atom is -0.482 e. The van der Waals surface area contributed by atoms with Crippen LogP contribution in [-0.4, -0.2) is 24.9 Å². The number of thiophene rings is 1. The summed E-state index contributed by atoms with van der Waals surface area (Å²) in [5, 5.41) is 0.939. The van der Waals surface area contributed by atoms with E-state index in [-0.39, 0.29) is 12.6 Å². The molecule has 3 nitrogen and oxygen atoms in total. The number of benzene rings is 2. The van der Waals surface area contributed by atoms with Crippen LogP contribution in [0.15, 0.2) is 41.3 Å². The Hall–Kier alpha value is -2.19. The molecule has 1 aromatic heterocycles. The van der Waals surface area contributed by atoms with E-state index in [4.69, 9.17) is 9.47 Å². The first kappa shape index (κ1) is 26.4. The number of halogens is 3. The summed E-state index contributed by atoms with van der Waals surface area (Å²) in [6, 6.07) is 10.0. The van der Waals surface area contributed by atoms with Gasteiger partial charge >= 0.3 is 12.1 Å². The molecule has 0 bridgehead atoms. The first-order valence-corrected chi connectivity index (χ1v) is 13.2. The minimum absolute atomic E-state index is 0.104. The Morgan fingerprint density at radius 1 is 1.06 bits per heavy atom. The number of fused-ring (bicyclic) bond motifs is 1. The first-order valence-electron chi connectivity index (χ1n) is 11.4. The van der Waals surface area contributed by atoms with Crippen LogP contribution in [0, 0.1) is 0 Å². The van der Waals surface area contributed by atoms with Gasteiger partial charge in [0.2, 0.25) is 0 Å². The van der Waals surface area contributed by atoms with Crippen LogP contribution in [0.2, 0.25) is 0 Å². The number of ether oxygens (including phenoxy) is 2. The van der Waals surface area contributed by atoms with Crippen molar-refractivity contribution in [3.05, 3.63) is 58.0 Å². The molecule has 34 heavy (non-hydrogen) atoms. The lowest BCUT2D eigenvalue weighted by molar-refractivity contribution is -0.145. The van der Waals surface area contributed by atoms with Gasteiger partial charge in [0, 0.05) is 14.5 Å². The summed E-state index contributed by atoms with van der Waals surface area (Å²) in [5.74, 6) is 1.21. The van der Waals surface area contributed by atoms with E-state index in [1.54, 1.807) is 24.8 Å². The van der Waals surface area contributed by atoms with Crippen LogP contribution in [0.25, 0.3) is 10.1 Å². The maximum atomic E-state index is 13.1. The Morgan fingerprint density at radius 3 is 2.53 bits per heavy atom. The molecule has 0 fully saturated rings. The molecule has 3 aromatic rings. The third kappa shape index (κ3) is 6.69. The zero-order chi connectivity index (χ0) is 24.7. The van der Waals surface area contributed by atoms with Gasteiger partial charge in [-0.15, -0.1) is 23.1 Å². The molecule has 0 radical (unpaired) electrons. The van der Waals surface area contributed by atoms with E-state index in [2.05, 4.69) is 13.0 Å². The van der Waals surface area contributed by atoms with Gasteiger partial charge in [0.25, 0.3) is 0 Å². The maximum absolute atomic E-state index is 13.1. The molecule has 8 heteroatoms. The number of thioether (sulfide) groups is 1. The predicted molar refractivity (Wildman–Crippen MR) is 133 cm³/mol. The fourth-order valence-corrected chi connectivity index (χ4v) is 6.08. The molecule has 0 saturated carbocycles. The van der Waals surface area contributed by atoms with Gasteiger partial charge in [0.15, 0.2) is 6.61 Å². The summed E-state index contributed by atoms with van der Waals surface area (Å²) in [6.07, 6.45) is -0.954. The first-order chi connectivity index (χ1) is 16.3.